The van der Waals surface area contributed by atoms with Gasteiger partial charge in [0.2, 0.25) is 5.91 Å². The summed E-state index contributed by atoms with van der Waals surface area (Å²) in [7, 11) is 0. The predicted molar refractivity (Wildman–Crippen MR) is 88.5 cm³/mol. The third kappa shape index (κ3) is 3.67. The first-order valence-electron chi connectivity index (χ1n) is 7.98. The Morgan fingerprint density at radius 1 is 1.35 bits per heavy atom. The largest absolute Gasteiger partial charge is 0.340 e. The highest BCUT2D eigenvalue weighted by Crippen LogP contribution is 2.24. The third-order valence-electron chi connectivity index (χ3n) is 4.54. The van der Waals surface area contributed by atoms with Crippen LogP contribution in [0.3, 0.4) is 0 Å². The molecule has 1 aromatic carbocycles. The summed E-state index contributed by atoms with van der Waals surface area (Å²) in [5, 5.41) is 9.18. The van der Waals surface area contributed by atoms with Crippen molar-refractivity contribution in [3.8, 4) is 6.07 Å². The van der Waals surface area contributed by atoms with Gasteiger partial charge in [-0.3, -0.25) is 9.69 Å². The Kier molecular flexibility index (Phi) is 5.19. The number of benzene rings is 1. The van der Waals surface area contributed by atoms with E-state index in [-0.39, 0.29) is 11.9 Å². The number of hydrogen-bond donors (Lipinski definition) is 0. The van der Waals surface area contributed by atoms with Gasteiger partial charge in [-0.2, -0.15) is 17.0 Å². The van der Waals surface area contributed by atoms with Crippen molar-refractivity contribution in [2.24, 2.45) is 0 Å². The average molecular weight is 333 g/mol. The number of likely N-dealkylation sites (tertiary alicyclic amines) is 1. The molecule has 0 aliphatic carbocycles. The van der Waals surface area contributed by atoms with Crippen LogP contribution in [0.1, 0.15) is 24.0 Å². The highest BCUT2D eigenvalue weighted by molar-refractivity contribution is 7.99. The van der Waals surface area contributed by atoms with Crippen LogP contribution >= 0.6 is 11.8 Å². The van der Waals surface area contributed by atoms with Crippen LogP contribution in [0.5, 0.6) is 0 Å². The Bertz CT molecular complexity index is 625. The van der Waals surface area contributed by atoms with E-state index in [1.807, 2.05) is 16.7 Å². The number of nitrogens with zero attached hydrogens (tertiary/aromatic N) is 3. The minimum Gasteiger partial charge on any atom is -0.340 e. The van der Waals surface area contributed by atoms with Crippen LogP contribution in [-0.2, 0) is 11.3 Å². The summed E-state index contributed by atoms with van der Waals surface area (Å²) in [4.78, 5) is 16.9. The molecule has 1 amide bonds. The van der Waals surface area contributed by atoms with E-state index in [0.29, 0.717) is 12.1 Å². The monoisotopic (exact) mass is 333 g/mol. The zero-order valence-corrected chi connectivity index (χ0v) is 13.8. The zero-order valence-electron chi connectivity index (χ0n) is 13.0. The van der Waals surface area contributed by atoms with Gasteiger partial charge in [0.15, 0.2) is 0 Å². The molecule has 3 rings (SSSR count). The summed E-state index contributed by atoms with van der Waals surface area (Å²) in [5.41, 5.74) is 1.15. The fourth-order valence-corrected chi connectivity index (χ4v) is 4.20. The maximum absolute atomic E-state index is 13.3. The number of thioether (sulfide) groups is 1. The molecule has 0 N–H and O–H groups in total. The van der Waals surface area contributed by atoms with E-state index in [4.69, 9.17) is 0 Å². The van der Waals surface area contributed by atoms with Crippen LogP contribution in [0.15, 0.2) is 18.2 Å². The molecular formula is C17H20FN3OS. The molecule has 1 aromatic rings. The van der Waals surface area contributed by atoms with E-state index in [1.54, 1.807) is 6.07 Å². The van der Waals surface area contributed by atoms with Gasteiger partial charge in [0, 0.05) is 31.1 Å². The Hall–Kier alpha value is -1.58. The average Bonchev–Trinajstić information content (AvgIpc) is 3.04. The Morgan fingerprint density at radius 2 is 2.13 bits per heavy atom. The van der Waals surface area contributed by atoms with Crippen LogP contribution < -0.4 is 0 Å². The molecule has 1 atom stereocenters. The number of halogens is 1. The van der Waals surface area contributed by atoms with Crippen LogP contribution in [0.25, 0.3) is 0 Å². The second-order valence-electron chi connectivity index (χ2n) is 5.98. The SMILES string of the molecule is N#Cc1cc(F)ccc1CN1CCCC1C(=O)N1CCSCC1. The minimum atomic E-state index is -0.398. The number of hydrogen-bond acceptors (Lipinski definition) is 4. The molecule has 2 heterocycles. The van der Waals surface area contributed by atoms with Crippen molar-refractivity contribution in [1.29, 1.82) is 5.26 Å². The highest BCUT2D eigenvalue weighted by atomic mass is 32.2. The molecule has 2 aliphatic heterocycles. The van der Waals surface area contributed by atoms with E-state index in [1.165, 1.54) is 12.1 Å². The van der Waals surface area contributed by atoms with Gasteiger partial charge in [-0.25, -0.2) is 4.39 Å². The van der Waals surface area contributed by atoms with Gasteiger partial charge in [0.1, 0.15) is 5.82 Å². The fourth-order valence-electron chi connectivity index (χ4n) is 3.30. The number of rotatable bonds is 3. The first kappa shape index (κ1) is 16.3. The molecule has 4 nitrogen and oxygen atoms in total. The predicted octanol–water partition coefficient (Wildman–Crippen LogP) is 2.24. The van der Waals surface area contributed by atoms with Crippen LogP contribution in [0, 0.1) is 17.1 Å². The van der Waals surface area contributed by atoms with Gasteiger partial charge in [-0.1, -0.05) is 6.07 Å². The molecule has 122 valence electrons. The smallest absolute Gasteiger partial charge is 0.239 e. The molecule has 6 heteroatoms. The topological polar surface area (TPSA) is 47.3 Å². The minimum absolute atomic E-state index is 0.102. The highest BCUT2D eigenvalue weighted by Gasteiger charge is 2.34. The van der Waals surface area contributed by atoms with Crippen molar-refractivity contribution >= 4 is 17.7 Å². The molecule has 0 radical (unpaired) electrons. The lowest BCUT2D eigenvalue weighted by atomic mass is 10.1. The first-order valence-corrected chi connectivity index (χ1v) is 9.13. The number of nitriles is 1. The Balaban J connectivity index is 1.72. The van der Waals surface area contributed by atoms with Crippen molar-refractivity contribution in [3.05, 3.63) is 35.1 Å². The molecule has 2 saturated heterocycles. The Labute approximate surface area is 140 Å². The van der Waals surface area contributed by atoms with E-state index in [0.717, 1.165) is 49.5 Å². The number of amides is 1. The summed E-state index contributed by atoms with van der Waals surface area (Å²) >= 11 is 1.89. The molecule has 0 bridgehead atoms. The van der Waals surface area contributed by atoms with Crippen molar-refractivity contribution < 1.29 is 9.18 Å². The molecule has 23 heavy (non-hydrogen) atoms. The van der Waals surface area contributed by atoms with Gasteiger partial charge in [-0.15, -0.1) is 0 Å². The molecule has 0 spiro atoms. The van der Waals surface area contributed by atoms with E-state index in [2.05, 4.69) is 11.0 Å². The van der Waals surface area contributed by atoms with Crippen LogP contribution in [-0.4, -0.2) is 52.9 Å². The second kappa shape index (κ2) is 7.33. The van der Waals surface area contributed by atoms with Gasteiger partial charge in [-0.05, 0) is 37.1 Å². The zero-order chi connectivity index (χ0) is 16.2. The van der Waals surface area contributed by atoms with E-state index in [9.17, 15) is 14.4 Å². The number of carbonyl (C=O) groups is 1. The van der Waals surface area contributed by atoms with E-state index >= 15 is 0 Å². The summed E-state index contributed by atoms with van der Waals surface area (Å²) < 4.78 is 13.3. The molecule has 1 unspecified atom stereocenters. The lowest BCUT2D eigenvalue weighted by Gasteiger charge is -2.32. The summed E-state index contributed by atoms with van der Waals surface area (Å²) in [6, 6.07) is 6.26. The lowest BCUT2D eigenvalue weighted by molar-refractivity contribution is -0.135. The van der Waals surface area contributed by atoms with Gasteiger partial charge < -0.3 is 4.90 Å². The van der Waals surface area contributed by atoms with Crippen LogP contribution in [0.2, 0.25) is 0 Å². The molecular weight excluding hydrogens is 313 g/mol. The maximum atomic E-state index is 13.3. The van der Waals surface area contributed by atoms with Gasteiger partial charge >= 0.3 is 0 Å². The summed E-state index contributed by atoms with van der Waals surface area (Å²) in [5.74, 6) is 1.83. The lowest BCUT2D eigenvalue weighted by Crippen LogP contribution is -2.48. The summed E-state index contributed by atoms with van der Waals surface area (Å²) in [6.07, 6.45) is 1.85. The quantitative estimate of drug-likeness (QED) is 0.851. The second-order valence-corrected chi connectivity index (χ2v) is 7.20. The van der Waals surface area contributed by atoms with Gasteiger partial charge in [0.05, 0.1) is 17.7 Å². The maximum Gasteiger partial charge on any atom is 0.239 e. The standard InChI is InChI=1S/C17H20FN3OS/c18-15-4-3-13(14(10-15)11-19)12-21-5-1-2-16(21)17(22)20-6-8-23-9-7-20/h3-4,10,16H,1-2,5-9,12H2. The fraction of sp³-hybridized carbons (Fsp3) is 0.529. The third-order valence-corrected chi connectivity index (χ3v) is 5.48. The normalized spacial score (nSPS) is 22.1. The van der Waals surface area contributed by atoms with Crippen LogP contribution in [0.4, 0.5) is 4.39 Å². The van der Waals surface area contributed by atoms with E-state index < -0.39 is 5.82 Å². The Morgan fingerprint density at radius 3 is 2.87 bits per heavy atom. The van der Waals surface area contributed by atoms with Crippen molar-refractivity contribution in [1.82, 2.24) is 9.80 Å². The van der Waals surface area contributed by atoms with Crippen molar-refractivity contribution in [3.63, 3.8) is 0 Å². The summed E-state index contributed by atoms with van der Waals surface area (Å²) in [6.45, 7) is 3.03. The molecule has 0 saturated carbocycles. The molecule has 2 fully saturated rings. The molecule has 2 aliphatic rings. The van der Waals surface area contributed by atoms with Crippen molar-refractivity contribution in [2.45, 2.75) is 25.4 Å². The number of carbonyl (C=O) groups excluding carboxylic acids is 1. The molecule has 0 aromatic heterocycles. The van der Waals surface area contributed by atoms with Gasteiger partial charge in [0.25, 0.3) is 0 Å². The van der Waals surface area contributed by atoms with Crippen molar-refractivity contribution in [2.75, 3.05) is 31.1 Å². The first-order chi connectivity index (χ1) is 11.2.